The lowest BCUT2D eigenvalue weighted by atomic mass is 10.1. The molecule has 11 heteroatoms. The average molecular weight is 449 g/mol. The number of halogens is 5. The maximum Gasteiger partial charge on any atom is 0.416 e. The van der Waals surface area contributed by atoms with Gasteiger partial charge < -0.3 is 10.6 Å². The summed E-state index contributed by atoms with van der Waals surface area (Å²) in [6.07, 6.45) is -4.74. The highest BCUT2D eigenvalue weighted by atomic mass is 32.2. The van der Waals surface area contributed by atoms with Crippen molar-refractivity contribution in [2.45, 2.75) is 24.5 Å². The van der Waals surface area contributed by atoms with E-state index >= 15 is 0 Å². The predicted molar refractivity (Wildman–Crippen MR) is 103 cm³/mol. The minimum absolute atomic E-state index is 0.0682. The third kappa shape index (κ3) is 6.41. The molecule has 0 aliphatic heterocycles. The smallest absolute Gasteiger partial charge is 0.357 e. The molecule has 0 spiro atoms. The van der Waals surface area contributed by atoms with Crippen molar-refractivity contribution in [3.05, 3.63) is 65.2 Å². The van der Waals surface area contributed by atoms with Gasteiger partial charge in [-0.2, -0.15) is 13.2 Å². The molecule has 0 heterocycles. The van der Waals surface area contributed by atoms with Gasteiger partial charge in [-0.25, -0.2) is 22.2 Å². The van der Waals surface area contributed by atoms with Gasteiger partial charge in [-0.1, -0.05) is 18.2 Å². The maximum absolute atomic E-state index is 13.7. The van der Waals surface area contributed by atoms with Crippen LogP contribution in [0, 0.1) is 11.6 Å². The second-order valence-electron chi connectivity index (χ2n) is 6.17. The molecule has 30 heavy (non-hydrogen) atoms. The van der Waals surface area contributed by atoms with Crippen molar-refractivity contribution in [1.29, 1.82) is 0 Å². The van der Waals surface area contributed by atoms with Crippen LogP contribution in [-0.2, 0) is 22.6 Å². The molecule has 2 N–H and O–H groups in total. The highest BCUT2D eigenvalue weighted by molar-refractivity contribution is 7.91. The number of nitrogens with zero attached hydrogens (tertiary/aromatic N) is 1. The van der Waals surface area contributed by atoms with E-state index in [2.05, 4.69) is 15.6 Å². The number of guanidine groups is 1. The standard InChI is InChI=1S/C19H20F5N3O2S/c1-2-25-18(26-9-10-30(28,29)17-6-4-3-5-16(17)21)27-12-13-7-8-14(20)11-15(13)19(22,23)24/h3-8,11H,2,9-10,12H2,1H3,(H2,25,26,27). The van der Waals surface area contributed by atoms with Gasteiger partial charge in [-0.15, -0.1) is 0 Å². The molecule has 164 valence electrons. The van der Waals surface area contributed by atoms with Crippen LogP contribution < -0.4 is 10.6 Å². The lowest BCUT2D eigenvalue weighted by Crippen LogP contribution is -2.39. The van der Waals surface area contributed by atoms with Gasteiger partial charge in [0.1, 0.15) is 16.5 Å². The minimum atomic E-state index is -4.74. The van der Waals surface area contributed by atoms with Crippen molar-refractivity contribution < 1.29 is 30.4 Å². The van der Waals surface area contributed by atoms with E-state index in [4.69, 9.17) is 0 Å². The number of alkyl halides is 3. The molecule has 2 aromatic carbocycles. The molecule has 0 aliphatic rings. The number of sulfone groups is 1. The lowest BCUT2D eigenvalue weighted by molar-refractivity contribution is -0.138. The number of aliphatic imine (C=N–C) groups is 1. The summed E-state index contributed by atoms with van der Waals surface area (Å²) in [5, 5.41) is 5.46. The molecule has 0 bridgehead atoms. The van der Waals surface area contributed by atoms with Gasteiger partial charge in [0.05, 0.1) is 17.9 Å². The summed E-state index contributed by atoms with van der Waals surface area (Å²) in [4.78, 5) is 3.57. The quantitative estimate of drug-likeness (QED) is 0.386. The summed E-state index contributed by atoms with van der Waals surface area (Å²) >= 11 is 0. The Morgan fingerprint density at radius 1 is 1.07 bits per heavy atom. The molecule has 0 fully saturated rings. The maximum atomic E-state index is 13.7. The molecule has 2 aromatic rings. The van der Waals surface area contributed by atoms with E-state index < -0.39 is 50.4 Å². The summed E-state index contributed by atoms with van der Waals surface area (Å²) in [5.74, 6) is -2.27. The van der Waals surface area contributed by atoms with Crippen molar-refractivity contribution in [2.24, 2.45) is 4.99 Å². The average Bonchev–Trinajstić information content (AvgIpc) is 2.66. The Hall–Kier alpha value is -2.69. The molecule has 5 nitrogen and oxygen atoms in total. The van der Waals surface area contributed by atoms with E-state index in [0.717, 1.165) is 24.3 Å². The third-order valence-corrected chi connectivity index (χ3v) is 5.71. The Bertz CT molecular complexity index is 1010. The first-order valence-corrected chi connectivity index (χ1v) is 10.5. The Morgan fingerprint density at radius 2 is 1.77 bits per heavy atom. The van der Waals surface area contributed by atoms with Crippen molar-refractivity contribution in [3.63, 3.8) is 0 Å². The molecular formula is C19H20F5N3O2S. The van der Waals surface area contributed by atoms with Gasteiger partial charge in [-0.3, -0.25) is 0 Å². The molecule has 0 saturated heterocycles. The van der Waals surface area contributed by atoms with Gasteiger partial charge in [0.2, 0.25) is 0 Å². The van der Waals surface area contributed by atoms with Crippen molar-refractivity contribution in [1.82, 2.24) is 10.6 Å². The van der Waals surface area contributed by atoms with Crippen LogP contribution in [0.15, 0.2) is 52.4 Å². The molecule has 0 radical (unpaired) electrons. The third-order valence-electron chi connectivity index (χ3n) is 3.96. The zero-order valence-electron chi connectivity index (χ0n) is 15.9. The Kier molecular flexibility index (Phi) is 7.77. The molecular weight excluding hydrogens is 429 g/mol. The van der Waals surface area contributed by atoms with E-state index in [1.807, 2.05) is 0 Å². The fourth-order valence-electron chi connectivity index (χ4n) is 2.57. The van der Waals surface area contributed by atoms with Crippen LogP contribution in [0.1, 0.15) is 18.1 Å². The van der Waals surface area contributed by atoms with Crippen LogP contribution in [0.25, 0.3) is 0 Å². The Balaban J connectivity index is 2.10. The summed E-state index contributed by atoms with van der Waals surface area (Å²) in [6, 6.07) is 7.24. The van der Waals surface area contributed by atoms with Crippen LogP contribution in [0.4, 0.5) is 22.0 Å². The predicted octanol–water partition coefficient (Wildman–Crippen LogP) is 3.51. The second kappa shape index (κ2) is 9.88. The molecule has 0 amide bonds. The van der Waals surface area contributed by atoms with Crippen LogP contribution in [0.3, 0.4) is 0 Å². The van der Waals surface area contributed by atoms with Crippen LogP contribution in [0.5, 0.6) is 0 Å². The molecule has 0 saturated carbocycles. The Morgan fingerprint density at radius 3 is 2.40 bits per heavy atom. The van der Waals surface area contributed by atoms with E-state index in [9.17, 15) is 30.4 Å². The molecule has 0 atom stereocenters. The van der Waals surface area contributed by atoms with E-state index in [1.165, 1.54) is 12.1 Å². The number of hydrogen-bond donors (Lipinski definition) is 2. The van der Waals surface area contributed by atoms with Gasteiger partial charge in [-0.05, 0) is 36.8 Å². The fourth-order valence-corrected chi connectivity index (χ4v) is 3.81. The highest BCUT2D eigenvalue weighted by Crippen LogP contribution is 2.32. The number of hydrogen-bond acceptors (Lipinski definition) is 3. The fraction of sp³-hybridized carbons (Fsp3) is 0.316. The summed E-state index contributed by atoms with van der Waals surface area (Å²) in [5.41, 5.74) is -1.37. The second-order valence-corrected chi connectivity index (χ2v) is 8.25. The zero-order chi connectivity index (χ0) is 22.4. The van der Waals surface area contributed by atoms with Gasteiger partial charge in [0.25, 0.3) is 0 Å². The molecule has 0 aromatic heterocycles. The highest BCUT2D eigenvalue weighted by Gasteiger charge is 2.33. The SMILES string of the molecule is CCNC(=NCc1ccc(F)cc1C(F)(F)F)NCCS(=O)(=O)c1ccccc1F. The van der Waals surface area contributed by atoms with Crippen molar-refractivity contribution in [3.8, 4) is 0 Å². The molecule has 0 unspecified atom stereocenters. The van der Waals surface area contributed by atoms with Crippen LogP contribution in [0.2, 0.25) is 0 Å². The first-order chi connectivity index (χ1) is 14.0. The largest absolute Gasteiger partial charge is 0.416 e. The van der Waals surface area contributed by atoms with E-state index in [1.54, 1.807) is 6.92 Å². The summed E-state index contributed by atoms with van der Waals surface area (Å²) in [7, 11) is -3.91. The number of rotatable bonds is 7. The zero-order valence-corrected chi connectivity index (χ0v) is 16.7. The summed E-state index contributed by atoms with van der Waals surface area (Å²) < 4.78 is 90.7. The van der Waals surface area contributed by atoms with Crippen molar-refractivity contribution >= 4 is 15.8 Å². The summed E-state index contributed by atoms with van der Waals surface area (Å²) in [6.45, 7) is 1.51. The number of benzene rings is 2. The van der Waals surface area contributed by atoms with Crippen molar-refractivity contribution in [2.75, 3.05) is 18.8 Å². The van der Waals surface area contributed by atoms with Crippen LogP contribution >= 0.6 is 0 Å². The molecule has 0 aliphatic carbocycles. The van der Waals surface area contributed by atoms with Gasteiger partial charge >= 0.3 is 6.18 Å². The lowest BCUT2D eigenvalue weighted by Gasteiger charge is -2.14. The van der Waals surface area contributed by atoms with E-state index in [-0.39, 0.29) is 18.1 Å². The Labute approximate surface area is 170 Å². The monoisotopic (exact) mass is 449 g/mol. The first kappa shape index (κ1) is 23.6. The molecule has 2 rings (SSSR count). The van der Waals surface area contributed by atoms with Gasteiger partial charge in [0, 0.05) is 13.1 Å². The first-order valence-electron chi connectivity index (χ1n) is 8.89. The topological polar surface area (TPSA) is 70.6 Å². The van der Waals surface area contributed by atoms with Gasteiger partial charge in [0.15, 0.2) is 15.8 Å². The van der Waals surface area contributed by atoms with Crippen LogP contribution in [-0.4, -0.2) is 33.2 Å². The minimum Gasteiger partial charge on any atom is -0.357 e. The van der Waals surface area contributed by atoms with E-state index in [0.29, 0.717) is 12.6 Å². The number of nitrogens with one attached hydrogen (secondary N) is 2. The normalized spacial score (nSPS) is 12.7.